The lowest BCUT2D eigenvalue weighted by atomic mass is 10.1. The molecule has 0 aliphatic heterocycles. The minimum absolute atomic E-state index is 0.0182. The first kappa shape index (κ1) is 19.0. The monoisotopic (exact) mass is 384 g/mol. The summed E-state index contributed by atoms with van der Waals surface area (Å²) in [4.78, 5) is 23.8. The summed E-state index contributed by atoms with van der Waals surface area (Å²) in [6, 6.07) is 10.1. The molecule has 2 aromatic rings. The van der Waals surface area contributed by atoms with Gasteiger partial charge < -0.3 is 4.74 Å². The van der Waals surface area contributed by atoms with Gasteiger partial charge in [0.15, 0.2) is 6.10 Å². The van der Waals surface area contributed by atoms with Crippen LogP contribution in [0.25, 0.3) is 0 Å². The molecule has 0 heterocycles. The number of rotatable bonds is 5. The molecule has 0 aliphatic carbocycles. The number of benzene rings is 2. The molecule has 5 nitrogen and oxygen atoms in total. The van der Waals surface area contributed by atoms with Gasteiger partial charge >= 0.3 is 0 Å². The molecule has 8 heteroatoms. The summed E-state index contributed by atoms with van der Waals surface area (Å²) in [6.45, 7) is 1.50. The fourth-order valence-corrected chi connectivity index (χ4v) is 2.20. The minimum Gasteiger partial charge on any atom is -0.481 e. The first-order valence-electron chi connectivity index (χ1n) is 7.30. The van der Waals surface area contributed by atoms with Crippen LogP contribution in [-0.4, -0.2) is 17.9 Å². The van der Waals surface area contributed by atoms with E-state index in [4.69, 9.17) is 27.9 Å². The largest absolute Gasteiger partial charge is 0.481 e. The topological polar surface area (TPSA) is 67.4 Å². The van der Waals surface area contributed by atoms with Crippen molar-refractivity contribution < 1.29 is 18.7 Å². The predicted molar refractivity (Wildman–Crippen MR) is 92.9 cm³/mol. The van der Waals surface area contributed by atoms with Crippen LogP contribution < -0.4 is 15.6 Å². The van der Waals surface area contributed by atoms with E-state index in [1.165, 1.54) is 31.2 Å². The Balaban J connectivity index is 1.80. The Labute approximate surface area is 154 Å². The molecule has 0 spiro atoms. The summed E-state index contributed by atoms with van der Waals surface area (Å²) < 4.78 is 18.2. The number of nitrogens with one attached hydrogen (secondary N) is 2. The van der Waals surface area contributed by atoms with Gasteiger partial charge in [0.2, 0.25) is 5.91 Å². The summed E-state index contributed by atoms with van der Waals surface area (Å²) in [5.74, 6) is -1.04. The Morgan fingerprint density at radius 3 is 2.40 bits per heavy atom. The van der Waals surface area contributed by atoms with Crippen molar-refractivity contribution in [3.05, 3.63) is 63.9 Å². The number of ether oxygens (including phenoxy) is 1. The van der Waals surface area contributed by atoms with Crippen LogP contribution in [0.2, 0.25) is 10.0 Å². The fourth-order valence-electron chi connectivity index (χ4n) is 1.88. The van der Waals surface area contributed by atoms with E-state index in [0.29, 0.717) is 21.4 Å². The van der Waals surface area contributed by atoms with Gasteiger partial charge in [0.25, 0.3) is 5.91 Å². The number of carbonyl (C=O) groups is 2. The van der Waals surface area contributed by atoms with E-state index < -0.39 is 23.7 Å². The van der Waals surface area contributed by atoms with E-state index >= 15 is 0 Å². The lowest BCUT2D eigenvalue weighted by Crippen LogP contribution is -2.47. The van der Waals surface area contributed by atoms with Gasteiger partial charge in [-0.25, -0.2) is 4.39 Å². The smallest absolute Gasteiger partial charge is 0.279 e. The Morgan fingerprint density at radius 2 is 1.76 bits per heavy atom. The first-order chi connectivity index (χ1) is 11.8. The Bertz CT molecular complexity index is 769. The van der Waals surface area contributed by atoms with E-state index in [2.05, 4.69) is 10.9 Å². The molecule has 0 unspecified atom stereocenters. The van der Waals surface area contributed by atoms with Crippen molar-refractivity contribution in [2.24, 2.45) is 0 Å². The second kappa shape index (κ2) is 8.69. The van der Waals surface area contributed by atoms with Crippen molar-refractivity contribution >= 4 is 35.0 Å². The molecule has 2 rings (SSSR count). The molecule has 0 bridgehead atoms. The summed E-state index contributed by atoms with van der Waals surface area (Å²) in [5.41, 5.74) is 5.20. The van der Waals surface area contributed by atoms with Gasteiger partial charge in [-0.3, -0.25) is 20.4 Å². The van der Waals surface area contributed by atoms with E-state index in [1.807, 2.05) is 0 Å². The van der Waals surface area contributed by atoms with Crippen molar-refractivity contribution in [2.75, 3.05) is 0 Å². The van der Waals surface area contributed by atoms with Crippen LogP contribution >= 0.6 is 23.2 Å². The summed E-state index contributed by atoms with van der Waals surface area (Å²) in [5, 5.41) is 0.739. The van der Waals surface area contributed by atoms with Crippen molar-refractivity contribution in [1.29, 1.82) is 0 Å². The number of carbonyl (C=O) groups excluding carboxylic acids is 2. The van der Waals surface area contributed by atoms with E-state index in [-0.39, 0.29) is 6.42 Å². The first-order valence-corrected chi connectivity index (χ1v) is 8.05. The van der Waals surface area contributed by atoms with Gasteiger partial charge in [-0.05, 0) is 48.9 Å². The zero-order valence-electron chi connectivity index (χ0n) is 13.2. The summed E-state index contributed by atoms with van der Waals surface area (Å²) in [7, 11) is 0. The van der Waals surface area contributed by atoms with Gasteiger partial charge in [-0.1, -0.05) is 29.3 Å². The number of amides is 2. The van der Waals surface area contributed by atoms with Crippen molar-refractivity contribution in [2.45, 2.75) is 19.4 Å². The third kappa shape index (κ3) is 5.92. The Hall–Kier alpha value is -2.31. The van der Waals surface area contributed by atoms with Crippen LogP contribution in [-0.2, 0) is 16.0 Å². The highest BCUT2D eigenvalue weighted by atomic mass is 35.5. The minimum atomic E-state index is -0.879. The summed E-state index contributed by atoms with van der Waals surface area (Å²) in [6.07, 6.45) is -0.861. The average molecular weight is 385 g/mol. The molecule has 2 amide bonds. The van der Waals surface area contributed by atoms with Crippen LogP contribution in [0.15, 0.2) is 42.5 Å². The highest BCUT2D eigenvalue weighted by Crippen LogP contribution is 2.22. The standard InChI is InChI=1S/C17H15Cl2FN2O3/c1-10(25-13-5-3-12(20)4-6-13)17(24)22-21-16(23)9-11-2-7-14(18)15(19)8-11/h2-8,10H,9H2,1H3,(H,21,23)(H,22,24)/t10-/m0/s1. The van der Waals surface area contributed by atoms with E-state index in [9.17, 15) is 14.0 Å². The van der Waals surface area contributed by atoms with Crippen molar-refractivity contribution in [1.82, 2.24) is 10.9 Å². The molecule has 132 valence electrons. The highest BCUT2D eigenvalue weighted by Gasteiger charge is 2.15. The molecule has 1 atom stereocenters. The highest BCUT2D eigenvalue weighted by molar-refractivity contribution is 6.42. The van der Waals surface area contributed by atoms with Crippen LogP contribution in [0.5, 0.6) is 5.75 Å². The van der Waals surface area contributed by atoms with Crippen molar-refractivity contribution in [3.8, 4) is 5.75 Å². The molecule has 0 aliphatic rings. The van der Waals surface area contributed by atoms with Gasteiger partial charge in [0.05, 0.1) is 16.5 Å². The fraction of sp³-hybridized carbons (Fsp3) is 0.176. The lowest BCUT2D eigenvalue weighted by molar-refractivity contribution is -0.132. The van der Waals surface area contributed by atoms with Gasteiger partial charge in [-0.2, -0.15) is 0 Å². The third-order valence-corrected chi connectivity index (χ3v) is 3.91. The maximum Gasteiger partial charge on any atom is 0.279 e. The molecular weight excluding hydrogens is 370 g/mol. The van der Waals surface area contributed by atoms with Crippen LogP contribution in [0.3, 0.4) is 0 Å². The average Bonchev–Trinajstić information content (AvgIpc) is 2.58. The maximum atomic E-state index is 12.8. The second-order valence-corrected chi connectivity index (χ2v) is 5.99. The van der Waals surface area contributed by atoms with Crippen LogP contribution in [0.1, 0.15) is 12.5 Å². The molecule has 0 fully saturated rings. The molecule has 0 saturated heterocycles. The molecule has 2 N–H and O–H groups in total. The van der Waals surface area contributed by atoms with Gasteiger partial charge in [-0.15, -0.1) is 0 Å². The quantitative estimate of drug-likeness (QED) is 0.777. The normalized spacial score (nSPS) is 11.5. The predicted octanol–water partition coefficient (Wildman–Crippen LogP) is 3.29. The second-order valence-electron chi connectivity index (χ2n) is 5.18. The SMILES string of the molecule is C[C@H](Oc1ccc(F)cc1)C(=O)NNC(=O)Cc1ccc(Cl)c(Cl)c1. The summed E-state index contributed by atoms with van der Waals surface area (Å²) >= 11 is 11.7. The number of halogens is 3. The van der Waals surface area contributed by atoms with Gasteiger partial charge in [0, 0.05) is 0 Å². The Kier molecular flexibility index (Phi) is 6.61. The zero-order valence-corrected chi connectivity index (χ0v) is 14.7. The van der Waals surface area contributed by atoms with E-state index in [1.54, 1.807) is 18.2 Å². The molecule has 25 heavy (non-hydrogen) atoms. The third-order valence-electron chi connectivity index (χ3n) is 3.17. The number of hydrazine groups is 1. The molecule has 0 radical (unpaired) electrons. The number of hydrogen-bond acceptors (Lipinski definition) is 3. The number of hydrogen-bond donors (Lipinski definition) is 2. The van der Waals surface area contributed by atoms with Gasteiger partial charge in [0.1, 0.15) is 11.6 Å². The van der Waals surface area contributed by atoms with Crippen molar-refractivity contribution in [3.63, 3.8) is 0 Å². The van der Waals surface area contributed by atoms with Crippen LogP contribution in [0, 0.1) is 5.82 Å². The van der Waals surface area contributed by atoms with E-state index in [0.717, 1.165) is 0 Å². The molecule has 0 aromatic heterocycles. The molecular formula is C17H15Cl2FN2O3. The lowest BCUT2D eigenvalue weighted by Gasteiger charge is -2.15. The maximum absolute atomic E-state index is 12.8. The Morgan fingerprint density at radius 1 is 1.08 bits per heavy atom. The molecule has 2 aromatic carbocycles. The van der Waals surface area contributed by atoms with Crippen LogP contribution in [0.4, 0.5) is 4.39 Å². The molecule has 0 saturated carbocycles. The zero-order chi connectivity index (χ0) is 18.4.